The lowest BCUT2D eigenvalue weighted by molar-refractivity contribution is -0.109. The molecule has 2 atom stereocenters. The Balaban J connectivity index is 2.16. The van der Waals surface area contributed by atoms with Crippen molar-refractivity contribution in [3.63, 3.8) is 0 Å². The van der Waals surface area contributed by atoms with E-state index in [0.29, 0.717) is 6.04 Å². The Hall–Kier alpha value is -0.800. The maximum absolute atomic E-state index is 11.5. The molecule has 1 fully saturated rings. The van der Waals surface area contributed by atoms with Crippen molar-refractivity contribution in [3.8, 4) is 0 Å². The minimum absolute atomic E-state index is 0.204. The second kappa shape index (κ2) is 6.39. The molecule has 1 aliphatic heterocycles. The lowest BCUT2D eigenvalue weighted by Gasteiger charge is -2.31. The van der Waals surface area contributed by atoms with Gasteiger partial charge in [-0.3, -0.25) is 9.69 Å². The molecule has 0 aromatic heterocycles. The third kappa shape index (κ3) is 3.36. The van der Waals surface area contributed by atoms with Crippen LogP contribution < -0.4 is 0 Å². The van der Waals surface area contributed by atoms with Crippen molar-refractivity contribution in [1.29, 1.82) is 0 Å². The molecule has 0 saturated carbocycles. The molecule has 1 saturated heterocycles. The molecule has 2 nitrogen and oxygen atoms in total. The largest absolute Gasteiger partial charge is 0.299 e. The molecule has 1 aromatic rings. The zero-order chi connectivity index (χ0) is 13.0. The van der Waals surface area contributed by atoms with Crippen LogP contribution in [0.3, 0.4) is 0 Å². The van der Waals surface area contributed by atoms with E-state index in [1.54, 1.807) is 6.92 Å². The highest BCUT2D eigenvalue weighted by Crippen LogP contribution is 2.36. The SMILES string of the molecule is CC(=O)S[C@@H](c1ccccc1)[C@@H](C)N1CCCC1. The number of carbonyl (C=O) groups is 1. The molecular weight excluding hydrogens is 242 g/mol. The number of carbonyl (C=O) groups excluding carboxylic acids is 1. The number of nitrogens with zero attached hydrogens (tertiary/aromatic N) is 1. The van der Waals surface area contributed by atoms with Gasteiger partial charge in [-0.15, -0.1) is 0 Å². The number of hydrogen-bond donors (Lipinski definition) is 0. The monoisotopic (exact) mass is 263 g/mol. The topological polar surface area (TPSA) is 20.3 Å². The van der Waals surface area contributed by atoms with Crippen LogP contribution in [-0.2, 0) is 4.79 Å². The fourth-order valence-corrected chi connectivity index (χ4v) is 3.63. The first-order chi connectivity index (χ1) is 8.68. The molecule has 0 amide bonds. The van der Waals surface area contributed by atoms with Gasteiger partial charge in [0, 0.05) is 13.0 Å². The van der Waals surface area contributed by atoms with Gasteiger partial charge in [-0.05, 0) is 38.4 Å². The summed E-state index contributed by atoms with van der Waals surface area (Å²) in [5.74, 6) is 0. The average molecular weight is 263 g/mol. The van der Waals surface area contributed by atoms with Gasteiger partial charge >= 0.3 is 0 Å². The smallest absolute Gasteiger partial charge is 0.186 e. The Morgan fingerprint density at radius 1 is 1.22 bits per heavy atom. The quantitative estimate of drug-likeness (QED) is 0.829. The van der Waals surface area contributed by atoms with Gasteiger partial charge in [0.15, 0.2) is 5.12 Å². The van der Waals surface area contributed by atoms with Gasteiger partial charge < -0.3 is 0 Å². The fourth-order valence-electron chi connectivity index (χ4n) is 2.61. The van der Waals surface area contributed by atoms with Gasteiger partial charge in [-0.1, -0.05) is 42.1 Å². The van der Waals surface area contributed by atoms with E-state index in [1.807, 2.05) is 6.07 Å². The molecule has 0 unspecified atom stereocenters. The summed E-state index contributed by atoms with van der Waals surface area (Å²) < 4.78 is 0. The summed E-state index contributed by atoms with van der Waals surface area (Å²) in [7, 11) is 0. The van der Waals surface area contributed by atoms with Gasteiger partial charge in [0.05, 0.1) is 5.25 Å². The van der Waals surface area contributed by atoms with Crippen LogP contribution in [0.2, 0.25) is 0 Å². The van der Waals surface area contributed by atoms with Crippen LogP contribution in [0.1, 0.15) is 37.5 Å². The highest BCUT2D eigenvalue weighted by Gasteiger charge is 2.28. The van der Waals surface area contributed by atoms with Crippen LogP contribution in [0, 0.1) is 0 Å². The van der Waals surface area contributed by atoms with E-state index in [1.165, 1.54) is 43.3 Å². The summed E-state index contributed by atoms with van der Waals surface area (Å²) in [6.07, 6.45) is 2.58. The number of rotatable bonds is 4. The molecule has 0 radical (unpaired) electrons. The predicted octanol–water partition coefficient (Wildman–Crippen LogP) is 3.49. The first kappa shape index (κ1) is 13.6. The second-order valence-corrected chi connectivity index (χ2v) is 6.24. The van der Waals surface area contributed by atoms with E-state index >= 15 is 0 Å². The van der Waals surface area contributed by atoms with Crippen LogP contribution >= 0.6 is 11.8 Å². The number of hydrogen-bond acceptors (Lipinski definition) is 3. The minimum atomic E-state index is 0.204. The average Bonchev–Trinajstić information content (AvgIpc) is 2.90. The zero-order valence-electron chi connectivity index (χ0n) is 11.1. The second-order valence-electron chi connectivity index (χ2n) is 4.92. The van der Waals surface area contributed by atoms with E-state index < -0.39 is 0 Å². The minimum Gasteiger partial charge on any atom is -0.299 e. The molecule has 0 aliphatic carbocycles. The molecule has 3 heteroatoms. The van der Waals surface area contributed by atoms with Gasteiger partial charge in [0.1, 0.15) is 0 Å². The molecule has 1 heterocycles. The Morgan fingerprint density at radius 3 is 2.39 bits per heavy atom. The van der Waals surface area contributed by atoms with Crippen molar-refractivity contribution in [2.24, 2.45) is 0 Å². The predicted molar refractivity (Wildman–Crippen MR) is 77.7 cm³/mol. The molecule has 0 spiro atoms. The van der Waals surface area contributed by atoms with E-state index in [4.69, 9.17) is 0 Å². The van der Waals surface area contributed by atoms with Gasteiger partial charge in [-0.25, -0.2) is 0 Å². The Morgan fingerprint density at radius 2 is 1.83 bits per heavy atom. The van der Waals surface area contributed by atoms with Crippen molar-refractivity contribution in [3.05, 3.63) is 35.9 Å². The molecule has 2 rings (SSSR count). The van der Waals surface area contributed by atoms with E-state index in [0.717, 1.165) is 0 Å². The van der Waals surface area contributed by atoms with Crippen LogP contribution in [0.4, 0.5) is 0 Å². The zero-order valence-corrected chi connectivity index (χ0v) is 12.0. The Kier molecular flexibility index (Phi) is 4.84. The lowest BCUT2D eigenvalue weighted by atomic mass is 10.1. The molecule has 18 heavy (non-hydrogen) atoms. The molecule has 0 N–H and O–H groups in total. The summed E-state index contributed by atoms with van der Waals surface area (Å²) >= 11 is 1.47. The lowest BCUT2D eigenvalue weighted by Crippen LogP contribution is -2.34. The van der Waals surface area contributed by atoms with Crippen molar-refractivity contribution in [1.82, 2.24) is 4.90 Å². The summed E-state index contributed by atoms with van der Waals surface area (Å²) in [4.78, 5) is 14.0. The number of likely N-dealkylation sites (tertiary alicyclic amines) is 1. The first-order valence-corrected chi connectivity index (χ1v) is 7.52. The van der Waals surface area contributed by atoms with Crippen molar-refractivity contribution in [2.45, 2.75) is 38.0 Å². The van der Waals surface area contributed by atoms with E-state index in [-0.39, 0.29) is 10.4 Å². The van der Waals surface area contributed by atoms with E-state index in [2.05, 4.69) is 36.1 Å². The molecule has 98 valence electrons. The summed E-state index contributed by atoms with van der Waals surface area (Å²) in [6.45, 7) is 6.25. The maximum Gasteiger partial charge on any atom is 0.186 e. The fraction of sp³-hybridized carbons (Fsp3) is 0.533. The number of thioether (sulfide) groups is 1. The number of benzene rings is 1. The van der Waals surface area contributed by atoms with Gasteiger partial charge in [0.25, 0.3) is 0 Å². The molecule has 1 aromatic carbocycles. The summed E-state index contributed by atoms with van der Waals surface area (Å²) in [5.41, 5.74) is 1.26. The maximum atomic E-state index is 11.5. The van der Waals surface area contributed by atoms with Gasteiger partial charge in [-0.2, -0.15) is 0 Å². The van der Waals surface area contributed by atoms with Crippen LogP contribution in [0.5, 0.6) is 0 Å². The summed E-state index contributed by atoms with van der Waals surface area (Å²) in [6, 6.07) is 10.8. The molecule has 0 bridgehead atoms. The molecule has 1 aliphatic rings. The Labute approximate surface area is 114 Å². The first-order valence-electron chi connectivity index (χ1n) is 6.64. The Bertz CT molecular complexity index is 387. The molecular formula is C15H21NOS. The van der Waals surface area contributed by atoms with Crippen molar-refractivity contribution >= 4 is 16.9 Å². The third-order valence-electron chi connectivity index (χ3n) is 3.58. The van der Waals surface area contributed by atoms with Crippen LogP contribution in [-0.4, -0.2) is 29.1 Å². The third-order valence-corrected chi connectivity index (χ3v) is 4.83. The van der Waals surface area contributed by atoms with Crippen LogP contribution in [0.15, 0.2) is 30.3 Å². The van der Waals surface area contributed by atoms with E-state index in [9.17, 15) is 4.79 Å². The van der Waals surface area contributed by atoms with Crippen LogP contribution in [0.25, 0.3) is 0 Å². The highest BCUT2D eigenvalue weighted by molar-refractivity contribution is 8.13. The van der Waals surface area contributed by atoms with Crippen molar-refractivity contribution < 1.29 is 4.79 Å². The van der Waals surface area contributed by atoms with Crippen molar-refractivity contribution in [2.75, 3.05) is 13.1 Å². The summed E-state index contributed by atoms with van der Waals surface area (Å²) in [5, 5.41) is 0.455. The highest BCUT2D eigenvalue weighted by atomic mass is 32.2. The normalized spacial score (nSPS) is 19.7. The standard InChI is InChI=1S/C15H21NOS/c1-12(16-10-6-7-11-16)15(18-13(2)17)14-8-4-3-5-9-14/h3-5,8-9,12,15H,6-7,10-11H2,1-2H3/t12-,15-/m1/s1. The van der Waals surface area contributed by atoms with Gasteiger partial charge in [0.2, 0.25) is 0 Å².